The summed E-state index contributed by atoms with van der Waals surface area (Å²) in [6.07, 6.45) is 0.585. The molecule has 3 nitrogen and oxygen atoms in total. The highest BCUT2D eigenvalue weighted by atomic mass is 79.9. The monoisotopic (exact) mass is 313 g/mol. The van der Waals surface area contributed by atoms with Gasteiger partial charge < -0.3 is 0 Å². The van der Waals surface area contributed by atoms with Crippen molar-refractivity contribution in [2.45, 2.75) is 11.3 Å². The summed E-state index contributed by atoms with van der Waals surface area (Å²) >= 11 is 3.14. The second-order valence-electron chi connectivity index (χ2n) is 3.02. The van der Waals surface area contributed by atoms with Crippen LogP contribution in [0.4, 0.5) is 8.78 Å². The summed E-state index contributed by atoms with van der Waals surface area (Å²) in [5, 5.41) is 0.640. The fraction of sp³-hybridized carbons (Fsp3) is 0.333. The normalized spacial score (nSPS) is 11.7. The summed E-state index contributed by atoms with van der Waals surface area (Å²) in [5.74, 6) is -1.90. The molecule has 0 fully saturated rings. The van der Waals surface area contributed by atoms with Gasteiger partial charge in [-0.2, -0.15) is 0 Å². The Kier molecular flexibility index (Phi) is 4.82. The van der Waals surface area contributed by atoms with Crippen LogP contribution in [0, 0.1) is 11.6 Å². The molecular weight excluding hydrogens is 304 g/mol. The number of rotatable bonds is 5. The third kappa shape index (κ3) is 3.50. The molecule has 0 atom stereocenters. The summed E-state index contributed by atoms with van der Waals surface area (Å²) in [7, 11) is -3.89. The Morgan fingerprint density at radius 1 is 1.31 bits per heavy atom. The number of hydrogen-bond donors (Lipinski definition) is 1. The lowest BCUT2D eigenvalue weighted by atomic mass is 10.3. The van der Waals surface area contributed by atoms with E-state index < -0.39 is 26.6 Å². The van der Waals surface area contributed by atoms with Gasteiger partial charge in [-0.1, -0.05) is 15.9 Å². The van der Waals surface area contributed by atoms with Crippen LogP contribution in [-0.4, -0.2) is 20.3 Å². The minimum atomic E-state index is -3.89. The Morgan fingerprint density at radius 2 is 2.00 bits per heavy atom. The van der Waals surface area contributed by atoms with Crippen molar-refractivity contribution in [3.05, 3.63) is 29.8 Å². The predicted molar refractivity (Wildman–Crippen MR) is 60.0 cm³/mol. The molecule has 0 unspecified atom stereocenters. The highest BCUT2D eigenvalue weighted by molar-refractivity contribution is 9.09. The van der Waals surface area contributed by atoms with Crippen molar-refractivity contribution >= 4 is 26.0 Å². The molecule has 7 heteroatoms. The Bertz CT molecular complexity index is 465. The molecule has 0 amide bonds. The Morgan fingerprint density at radius 3 is 2.56 bits per heavy atom. The van der Waals surface area contributed by atoms with Gasteiger partial charge in [-0.15, -0.1) is 0 Å². The standard InChI is InChI=1S/C9H10BrF2NO2S/c10-4-1-5-13-16(14,15)9-3-2-7(11)6-8(9)12/h2-3,6,13H,1,4-5H2. The zero-order valence-corrected chi connectivity index (χ0v) is 10.6. The first kappa shape index (κ1) is 13.5. The first-order chi connectivity index (χ1) is 7.47. The van der Waals surface area contributed by atoms with Gasteiger partial charge in [-0.25, -0.2) is 21.9 Å². The van der Waals surface area contributed by atoms with E-state index in [2.05, 4.69) is 20.7 Å². The first-order valence-corrected chi connectivity index (χ1v) is 7.08. The molecule has 1 aromatic rings. The van der Waals surface area contributed by atoms with Crippen LogP contribution >= 0.6 is 15.9 Å². The molecule has 0 bridgehead atoms. The Balaban J connectivity index is 2.90. The molecule has 16 heavy (non-hydrogen) atoms. The summed E-state index contributed by atoms with van der Waals surface area (Å²) < 4.78 is 51.1. The quantitative estimate of drug-likeness (QED) is 0.668. The van der Waals surface area contributed by atoms with E-state index in [0.717, 1.165) is 12.1 Å². The average Bonchev–Trinajstić information content (AvgIpc) is 2.17. The minimum Gasteiger partial charge on any atom is -0.211 e. The van der Waals surface area contributed by atoms with Crippen molar-refractivity contribution in [2.75, 3.05) is 11.9 Å². The fourth-order valence-electron chi connectivity index (χ4n) is 1.04. The van der Waals surface area contributed by atoms with E-state index in [4.69, 9.17) is 0 Å². The SMILES string of the molecule is O=S(=O)(NCCCBr)c1ccc(F)cc1F. The van der Waals surface area contributed by atoms with Gasteiger partial charge in [0, 0.05) is 17.9 Å². The van der Waals surface area contributed by atoms with Crippen molar-refractivity contribution < 1.29 is 17.2 Å². The molecule has 1 aromatic carbocycles. The number of hydrogen-bond acceptors (Lipinski definition) is 2. The first-order valence-electron chi connectivity index (χ1n) is 4.48. The van der Waals surface area contributed by atoms with Gasteiger partial charge in [0.2, 0.25) is 10.0 Å². The van der Waals surface area contributed by atoms with Gasteiger partial charge in [-0.05, 0) is 18.6 Å². The van der Waals surface area contributed by atoms with Crippen LogP contribution in [-0.2, 0) is 10.0 Å². The van der Waals surface area contributed by atoms with Gasteiger partial charge in [0.05, 0.1) is 0 Å². The van der Waals surface area contributed by atoms with Crippen LogP contribution in [0.3, 0.4) is 0 Å². The van der Waals surface area contributed by atoms with E-state index in [1.54, 1.807) is 0 Å². The third-order valence-electron chi connectivity index (χ3n) is 1.79. The predicted octanol–water partition coefficient (Wildman–Crippen LogP) is 2.03. The molecule has 0 radical (unpaired) electrons. The zero-order valence-electron chi connectivity index (χ0n) is 8.21. The number of halogens is 3. The van der Waals surface area contributed by atoms with Gasteiger partial charge in [0.1, 0.15) is 16.5 Å². The second kappa shape index (κ2) is 5.70. The summed E-state index contributed by atoms with van der Waals surface area (Å²) in [5.41, 5.74) is 0. The smallest absolute Gasteiger partial charge is 0.211 e. The van der Waals surface area contributed by atoms with Crippen LogP contribution in [0.25, 0.3) is 0 Å². The van der Waals surface area contributed by atoms with Crippen molar-refractivity contribution in [3.8, 4) is 0 Å². The number of nitrogens with one attached hydrogen (secondary N) is 1. The molecule has 0 aliphatic carbocycles. The fourth-order valence-corrected chi connectivity index (χ4v) is 2.46. The molecule has 1 rings (SSSR count). The van der Waals surface area contributed by atoms with Crippen LogP contribution in [0.2, 0.25) is 0 Å². The zero-order chi connectivity index (χ0) is 12.2. The molecule has 0 aliphatic rings. The minimum absolute atomic E-state index is 0.199. The lowest BCUT2D eigenvalue weighted by molar-refractivity contribution is 0.543. The Hall–Kier alpha value is -0.530. The van der Waals surface area contributed by atoms with E-state index >= 15 is 0 Å². The maximum atomic E-state index is 13.2. The van der Waals surface area contributed by atoms with E-state index in [-0.39, 0.29) is 6.54 Å². The lowest BCUT2D eigenvalue weighted by Gasteiger charge is -2.06. The van der Waals surface area contributed by atoms with E-state index in [9.17, 15) is 17.2 Å². The molecule has 0 saturated heterocycles. The van der Waals surface area contributed by atoms with Crippen molar-refractivity contribution in [2.24, 2.45) is 0 Å². The highest BCUT2D eigenvalue weighted by Gasteiger charge is 2.18. The highest BCUT2D eigenvalue weighted by Crippen LogP contribution is 2.15. The molecule has 0 aromatic heterocycles. The van der Waals surface area contributed by atoms with Crippen LogP contribution in [0.15, 0.2) is 23.1 Å². The number of sulfonamides is 1. The van der Waals surface area contributed by atoms with Crippen molar-refractivity contribution in [1.82, 2.24) is 4.72 Å². The second-order valence-corrected chi connectivity index (χ2v) is 5.54. The van der Waals surface area contributed by atoms with Gasteiger partial charge >= 0.3 is 0 Å². The molecular formula is C9H10BrF2NO2S. The van der Waals surface area contributed by atoms with E-state index in [1.807, 2.05) is 0 Å². The molecule has 0 saturated carbocycles. The van der Waals surface area contributed by atoms with Crippen molar-refractivity contribution in [3.63, 3.8) is 0 Å². The summed E-state index contributed by atoms with van der Waals surface area (Å²) in [4.78, 5) is -0.538. The molecule has 0 spiro atoms. The van der Waals surface area contributed by atoms with E-state index in [0.29, 0.717) is 17.8 Å². The molecule has 0 heterocycles. The molecule has 90 valence electrons. The largest absolute Gasteiger partial charge is 0.243 e. The molecule has 1 N–H and O–H groups in total. The van der Waals surface area contributed by atoms with Gasteiger partial charge in [-0.3, -0.25) is 0 Å². The van der Waals surface area contributed by atoms with Crippen LogP contribution < -0.4 is 4.72 Å². The number of alkyl halides is 1. The summed E-state index contributed by atoms with van der Waals surface area (Å²) in [6, 6.07) is 2.35. The summed E-state index contributed by atoms with van der Waals surface area (Å²) in [6.45, 7) is 0.199. The van der Waals surface area contributed by atoms with E-state index in [1.165, 1.54) is 0 Å². The number of benzene rings is 1. The van der Waals surface area contributed by atoms with Crippen LogP contribution in [0.1, 0.15) is 6.42 Å². The van der Waals surface area contributed by atoms with Crippen LogP contribution in [0.5, 0.6) is 0 Å². The van der Waals surface area contributed by atoms with Gasteiger partial charge in [0.15, 0.2) is 0 Å². The maximum Gasteiger partial charge on any atom is 0.243 e. The van der Waals surface area contributed by atoms with Gasteiger partial charge in [0.25, 0.3) is 0 Å². The van der Waals surface area contributed by atoms with Crippen molar-refractivity contribution in [1.29, 1.82) is 0 Å². The average molecular weight is 314 g/mol. The lowest BCUT2D eigenvalue weighted by Crippen LogP contribution is -2.25. The topological polar surface area (TPSA) is 46.2 Å². The Labute approximate surface area is 101 Å². The maximum absolute atomic E-state index is 13.2. The third-order valence-corrected chi connectivity index (χ3v) is 3.84. The molecule has 0 aliphatic heterocycles.